The summed E-state index contributed by atoms with van der Waals surface area (Å²) in [7, 11) is 8.07. The second kappa shape index (κ2) is 7.39. The van der Waals surface area contributed by atoms with E-state index in [1.807, 2.05) is 43.0 Å². The maximum Gasteiger partial charge on any atom is 0.226 e. The van der Waals surface area contributed by atoms with Gasteiger partial charge in [0.15, 0.2) is 0 Å². The molecule has 2 aromatic heterocycles. The third-order valence-corrected chi connectivity index (χ3v) is 5.00. The Morgan fingerprint density at radius 1 is 1.20 bits per heavy atom. The molecule has 3 heterocycles. The minimum atomic E-state index is 0.524. The van der Waals surface area contributed by atoms with Crippen LogP contribution >= 0.6 is 0 Å². The van der Waals surface area contributed by atoms with E-state index >= 15 is 0 Å². The second-order valence-electron chi connectivity index (χ2n) is 7.14. The highest BCUT2D eigenvalue weighted by atomic mass is 15.3. The van der Waals surface area contributed by atoms with Gasteiger partial charge >= 0.3 is 0 Å². The first kappa shape index (κ1) is 17.7. The summed E-state index contributed by atoms with van der Waals surface area (Å²) in [6.45, 7) is 5.30. The van der Waals surface area contributed by atoms with Crippen molar-refractivity contribution in [2.45, 2.75) is 32.4 Å². The molecule has 25 heavy (non-hydrogen) atoms. The molecule has 7 nitrogen and oxygen atoms in total. The van der Waals surface area contributed by atoms with Crippen LogP contribution in [0.25, 0.3) is 0 Å². The van der Waals surface area contributed by atoms with Crippen LogP contribution < -0.4 is 9.80 Å². The summed E-state index contributed by atoms with van der Waals surface area (Å²) >= 11 is 0. The number of hydrogen-bond donors (Lipinski definition) is 0. The van der Waals surface area contributed by atoms with E-state index in [2.05, 4.69) is 45.0 Å². The Kier molecular flexibility index (Phi) is 5.22. The van der Waals surface area contributed by atoms with Gasteiger partial charge < -0.3 is 9.80 Å². The Morgan fingerprint density at radius 3 is 2.52 bits per heavy atom. The van der Waals surface area contributed by atoms with Crippen LogP contribution in [0.4, 0.5) is 11.8 Å². The zero-order valence-corrected chi connectivity index (χ0v) is 16.0. The number of anilines is 2. The van der Waals surface area contributed by atoms with Gasteiger partial charge in [0.2, 0.25) is 5.95 Å². The van der Waals surface area contributed by atoms with Crippen molar-refractivity contribution in [3.8, 4) is 0 Å². The third-order valence-electron chi connectivity index (χ3n) is 5.00. The minimum absolute atomic E-state index is 0.524. The lowest BCUT2D eigenvalue weighted by atomic mass is 10.0. The fraction of sp³-hybridized carbons (Fsp3) is 0.611. The Bertz CT molecular complexity index is 701. The summed E-state index contributed by atoms with van der Waals surface area (Å²) < 4.78 is 1.91. The van der Waals surface area contributed by atoms with Crippen molar-refractivity contribution < 1.29 is 0 Å². The fourth-order valence-electron chi connectivity index (χ4n) is 3.45. The van der Waals surface area contributed by atoms with Crippen LogP contribution in [0, 0.1) is 6.92 Å². The molecule has 0 radical (unpaired) electrons. The highest BCUT2D eigenvalue weighted by Crippen LogP contribution is 2.22. The van der Waals surface area contributed by atoms with Crippen LogP contribution in [0.1, 0.15) is 24.1 Å². The zero-order valence-electron chi connectivity index (χ0n) is 16.0. The molecule has 0 atom stereocenters. The van der Waals surface area contributed by atoms with Gasteiger partial charge in [-0.25, -0.2) is 4.98 Å². The summed E-state index contributed by atoms with van der Waals surface area (Å²) in [5, 5.41) is 4.45. The monoisotopic (exact) mass is 343 g/mol. The van der Waals surface area contributed by atoms with E-state index in [1.54, 1.807) is 0 Å². The molecule has 2 aromatic rings. The van der Waals surface area contributed by atoms with Gasteiger partial charge in [0.1, 0.15) is 5.82 Å². The summed E-state index contributed by atoms with van der Waals surface area (Å²) in [4.78, 5) is 15.7. The molecule has 0 amide bonds. The van der Waals surface area contributed by atoms with Crippen molar-refractivity contribution in [3.05, 3.63) is 29.7 Å². The summed E-state index contributed by atoms with van der Waals surface area (Å²) in [6.07, 6.45) is 6.28. The molecule has 7 heteroatoms. The number of nitrogens with zero attached hydrogens (tertiary/aromatic N) is 7. The van der Waals surface area contributed by atoms with E-state index in [1.165, 1.54) is 5.56 Å². The Hall–Kier alpha value is -2.15. The van der Waals surface area contributed by atoms with Gasteiger partial charge in [0.25, 0.3) is 0 Å². The number of rotatable bonds is 5. The van der Waals surface area contributed by atoms with Crippen LogP contribution in [0.5, 0.6) is 0 Å². The third kappa shape index (κ3) is 4.10. The minimum Gasteiger partial charge on any atom is -0.356 e. The van der Waals surface area contributed by atoms with Crippen LogP contribution in [0.15, 0.2) is 18.5 Å². The van der Waals surface area contributed by atoms with E-state index in [9.17, 15) is 0 Å². The van der Waals surface area contributed by atoms with E-state index in [0.717, 1.165) is 49.9 Å². The predicted octanol–water partition coefficient (Wildman–Crippen LogP) is 1.69. The average Bonchev–Trinajstić information content (AvgIpc) is 2.92. The van der Waals surface area contributed by atoms with E-state index < -0.39 is 0 Å². The highest BCUT2D eigenvalue weighted by molar-refractivity contribution is 5.43. The van der Waals surface area contributed by atoms with Gasteiger partial charge in [0, 0.05) is 71.8 Å². The van der Waals surface area contributed by atoms with Gasteiger partial charge in [-0.15, -0.1) is 0 Å². The van der Waals surface area contributed by atoms with Crippen molar-refractivity contribution in [1.29, 1.82) is 0 Å². The molecule has 0 N–H and O–H groups in total. The van der Waals surface area contributed by atoms with Gasteiger partial charge in [-0.05, 0) is 25.8 Å². The maximum atomic E-state index is 4.66. The molecule has 0 saturated carbocycles. The molecule has 1 saturated heterocycles. The number of aromatic nitrogens is 4. The summed E-state index contributed by atoms with van der Waals surface area (Å²) in [5.74, 6) is 1.76. The fourth-order valence-corrected chi connectivity index (χ4v) is 3.45. The normalized spacial score (nSPS) is 16.2. The standard InChI is InChI=1S/C18H29N7/c1-14-15(12-23(4)21-14)13-25-10-7-16(8-11-25)24(5)17-6-9-19-18(20-17)22(2)3/h6,9,12,16H,7-8,10-11,13H2,1-5H3. The largest absolute Gasteiger partial charge is 0.356 e. The van der Waals surface area contributed by atoms with Gasteiger partial charge in [-0.2, -0.15) is 10.1 Å². The maximum absolute atomic E-state index is 4.66. The summed E-state index contributed by atoms with van der Waals surface area (Å²) in [6, 6.07) is 2.52. The number of likely N-dealkylation sites (tertiary alicyclic amines) is 1. The van der Waals surface area contributed by atoms with Gasteiger partial charge in [-0.1, -0.05) is 0 Å². The van der Waals surface area contributed by atoms with Crippen LogP contribution in [-0.2, 0) is 13.6 Å². The quantitative estimate of drug-likeness (QED) is 0.823. The Morgan fingerprint density at radius 2 is 1.92 bits per heavy atom. The van der Waals surface area contributed by atoms with Crippen molar-refractivity contribution in [2.24, 2.45) is 7.05 Å². The zero-order chi connectivity index (χ0) is 18.0. The summed E-state index contributed by atoms with van der Waals surface area (Å²) in [5.41, 5.74) is 2.47. The van der Waals surface area contributed by atoms with Crippen molar-refractivity contribution >= 4 is 11.8 Å². The first-order valence-electron chi connectivity index (χ1n) is 8.88. The first-order chi connectivity index (χ1) is 11.9. The molecular weight excluding hydrogens is 314 g/mol. The molecule has 0 bridgehead atoms. The van der Waals surface area contributed by atoms with E-state index in [-0.39, 0.29) is 0 Å². The molecule has 1 fully saturated rings. The topological polar surface area (TPSA) is 53.3 Å². The molecule has 1 aliphatic heterocycles. The molecule has 0 aromatic carbocycles. The number of piperidine rings is 1. The number of hydrogen-bond acceptors (Lipinski definition) is 6. The molecule has 0 aliphatic carbocycles. The second-order valence-corrected chi connectivity index (χ2v) is 7.14. The predicted molar refractivity (Wildman–Crippen MR) is 101 cm³/mol. The Balaban J connectivity index is 1.58. The molecule has 136 valence electrons. The molecule has 0 unspecified atom stereocenters. The van der Waals surface area contributed by atoms with Gasteiger partial charge in [-0.3, -0.25) is 9.58 Å². The van der Waals surface area contributed by atoms with Crippen LogP contribution in [0.2, 0.25) is 0 Å². The lowest BCUT2D eigenvalue weighted by Crippen LogP contribution is -2.43. The van der Waals surface area contributed by atoms with Gasteiger partial charge in [0.05, 0.1) is 5.69 Å². The Labute approximate surface area is 150 Å². The molecule has 3 rings (SSSR count). The number of aryl methyl sites for hydroxylation is 2. The molecular formula is C18H29N7. The van der Waals surface area contributed by atoms with E-state index in [0.29, 0.717) is 6.04 Å². The van der Waals surface area contributed by atoms with Crippen molar-refractivity contribution in [2.75, 3.05) is 44.0 Å². The first-order valence-corrected chi connectivity index (χ1v) is 8.88. The lowest BCUT2D eigenvalue weighted by molar-refractivity contribution is 0.203. The smallest absolute Gasteiger partial charge is 0.226 e. The highest BCUT2D eigenvalue weighted by Gasteiger charge is 2.24. The molecule has 0 spiro atoms. The van der Waals surface area contributed by atoms with Crippen LogP contribution in [0.3, 0.4) is 0 Å². The lowest BCUT2D eigenvalue weighted by Gasteiger charge is -2.37. The van der Waals surface area contributed by atoms with E-state index in [4.69, 9.17) is 0 Å². The SMILES string of the molecule is Cc1nn(C)cc1CN1CCC(N(C)c2ccnc(N(C)C)n2)CC1. The van der Waals surface area contributed by atoms with Crippen molar-refractivity contribution in [1.82, 2.24) is 24.6 Å². The van der Waals surface area contributed by atoms with Crippen molar-refractivity contribution in [3.63, 3.8) is 0 Å². The molecule has 1 aliphatic rings. The average molecular weight is 343 g/mol. The van der Waals surface area contributed by atoms with Crippen LogP contribution in [-0.4, -0.2) is 64.9 Å².